The number of ether oxygens (including phenoxy) is 2. The second kappa shape index (κ2) is 14.5. The monoisotopic (exact) mass is 549 g/mol. The number of benzene rings is 2. The van der Waals surface area contributed by atoms with E-state index in [1.165, 1.54) is 0 Å². The molecular weight excluding hydrogens is 514 g/mol. The minimum absolute atomic E-state index is 0.0364. The number of carboxylic acids is 1. The zero-order valence-corrected chi connectivity index (χ0v) is 22.7. The van der Waals surface area contributed by atoms with Crippen LogP contribution in [0.2, 0.25) is 0 Å². The Balaban J connectivity index is 2.35. The number of aliphatic carboxylic acids is 1. The lowest BCUT2D eigenvalue weighted by Gasteiger charge is -2.22. The first kappa shape index (κ1) is 30.8. The highest BCUT2D eigenvalue weighted by atomic mass is 32.2. The highest BCUT2D eigenvalue weighted by Crippen LogP contribution is 2.23. The van der Waals surface area contributed by atoms with E-state index in [9.17, 15) is 32.7 Å². The van der Waals surface area contributed by atoms with Gasteiger partial charge < -0.3 is 19.9 Å². The molecule has 0 aliphatic carbocycles. The molecule has 2 rings (SSSR count). The number of hydrogen-bond acceptors (Lipinski definition) is 8. The van der Waals surface area contributed by atoms with Crippen molar-refractivity contribution in [1.29, 1.82) is 0 Å². The first-order valence-corrected chi connectivity index (χ1v) is 14.2. The lowest BCUT2D eigenvalue weighted by Crippen LogP contribution is -2.46. The molecule has 0 heterocycles. The number of hydrogen-bond donors (Lipinski definition) is 2. The highest BCUT2D eigenvalue weighted by Gasteiger charge is 2.32. The van der Waals surface area contributed by atoms with Crippen LogP contribution in [0.5, 0.6) is 0 Å². The van der Waals surface area contributed by atoms with Crippen LogP contribution in [0, 0.1) is 5.92 Å². The summed E-state index contributed by atoms with van der Waals surface area (Å²) in [7, 11) is -4.04. The van der Waals surface area contributed by atoms with Crippen molar-refractivity contribution in [2.24, 2.45) is 5.92 Å². The molecule has 11 heteroatoms. The van der Waals surface area contributed by atoms with E-state index in [4.69, 9.17) is 9.47 Å². The minimum atomic E-state index is -4.04. The van der Waals surface area contributed by atoms with Crippen molar-refractivity contribution >= 4 is 44.4 Å². The van der Waals surface area contributed by atoms with Crippen molar-refractivity contribution in [3.8, 4) is 0 Å². The number of amides is 1. The molecule has 0 radical (unpaired) electrons. The number of unbranched alkanes of at least 4 members (excludes halogenated alkanes) is 1. The molecule has 2 N–H and O–H groups in total. The molecule has 2 aromatic rings. The molecule has 0 fully saturated rings. The molecule has 0 aromatic heterocycles. The lowest BCUT2D eigenvalue weighted by molar-refractivity contribution is -0.154. The Hall–Kier alpha value is -3.47. The van der Waals surface area contributed by atoms with Gasteiger partial charge in [-0.05, 0) is 29.2 Å². The largest absolute Gasteiger partial charge is 0.480 e. The fraction of sp³-hybridized carbons (Fsp3) is 0.481. The zero-order valence-electron chi connectivity index (χ0n) is 21.8. The molecule has 3 atom stereocenters. The lowest BCUT2D eigenvalue weighted by atomic mass is 9.95. The molecule has 0 aliphatic rings. The topological polar surface area (TPSA) is 153 Å². The zero-order chi connectivity index (χ0) is 28.3. The van der Waals surface area contributed by atoms with Gasteiger partial charge in [-0.25, -0.2) is 13.2 Å². The standard InChI is InChI=1S/C27H35NO9S/c1-4-5-13-25(27(32)33)28-26(31)22(14-21-11-8-10-20-9-6-7-12-24(20)21)16-38(34,35)17-23(37-19(3)30)15-36-18(2)29/h6-12,22-23,25H,4-5,13-17H2,1-3H3,(H,28,31)(H,32,33)/t22-,23?,25+/m1/s1. The van der Waals surface area contributed by atoms with Crippen LogP contribution in [0.4, 0.5) is 0 Å². The van der Waals surface area contributed by atoms with E-state index >= 15 is 0 Å². The molecule has 208 valence electrons. The Morgan fingerprint density at radius 1 is 0.974 bits per heavy atom. The van der Waals surface area contributed by atoms with E-state index in [-0.39, 0.29) is 12.8 Å². The van der Waals surface area contributed by atoms with Gasteiger partial charge >= 0.3 is 17.9 Å². The van der Waals surface area contributed by atoms with Gasteiger partial charge in [-0.3, -0.25) is 14.4 Å². The van der Waals surface area contributed by atoms with Crippen LogP contribution in [0.15, 0.2) is 42.5 Å². The normalized spacial score (nSPS) is 13.8. The minimum Gasteiger partial charge on any atom is -0.480 e. The summed E-state index contributed by atoms with van der Waals surface area (Å²) in [4.78, 5) is 47.7. The summed E-state index contributed by atoms with van der Waals surface area (Å²) in [5, 5.41) is 13.8. The Bertz CT molecular complexity index is 1240. The van der Waals surface area contributed by atoms with Gasteiger partial charge in [0.05, 0.1) is 17.4 Å². The number of carboxylic acid groups (broad SMARTS) is 1. The molecule has 10 nitrogen and oxygen atoms in total. The average Bonchev–Trinajstić information content (AvgIpc) is 2.83. The molecule has 0 aliphatic heterocycles. The van der Waals surface area contributed by atoms with Gasteiger partial charge in [0.2, 0.25) is 5.91 Å². The molecule has 2 aromatic carbocycles. The summed E-state index contributed by atoms with van der Waals surface area (Å²) in [5.41, 5.74) is 0.732. The van der Waals surface area contributed by atoms with Crippen LogP contribution in [-0.4, -0.2) is 67.6 Å². The summed E-state index contributed by atoms with van der Waals surface area (Å²) < 4.78 is 36.3. The van der Waals surface area contributed by atoms with Crippen LogP contribution >= 0.6 is 0 Å². The van der Waals surface area contributed by atoms with E-state index < -0.39 is 69.8 Å². The number of esters is 2. The Labute approximate surface area is 222 Å². The maximum absolute atomic E-state index is 13.3. The molecule has 0 bridgehead atoms. The smallest absolute Gasteiger partial charge is 0.326 e. The van der Waals surface area contributed by atoms with Crippen molar-refractivity contribution < 1.29 is 42.2 Å². The molecule has 0 spiro atoms. The van der Waals surface area contributed by atoms with E-state index in [0.29, 0.717) is 6.42 Å². The second-order valence-electron chi connectivity index (χ2n) is 9.19. The van der Waals surface area contributed by atoms with E-state index in [1.54, 1.807) is 12.1 Å². The van der Waals surface area contributed by atoms with Gasteiger partial charge in [0.1, 0.15) is 18.8 Å². The third-order valence-corrected chi connectivity index (χ3v) is 7.67. The molecular formula is C27H35NO9S. The SMILES string of the molecule is CCCC[C@H](NC(=O)[C@H](Cc1cccc2ccccc12)CS(=O)(=O)CC(COC(C)=O)OC(C)=O)C(=O)O. The van der Waals surface area contributed by atoms with Crippen molar-refractivity contribution in [2.75, 3.05) is 18.1 Å². The number of carbonyl (C=O) groups is 4. The van der Waals surface area contributed by atoms with Crippen LogP contribution < -0.4 is 5.32 Å². The first-order valence-electron chi connectivity index (χ1n) is 12.4. The van der Waals surface area contributed by atoms with Crippen molar-refractivity contribution in [3.63, 3.8) is 0 Å². The van der Waals surface area contributed by atoms with Gasteiger partial charge in [0, 0.05) is 13.8 Å². The number of carbonyl (C=O) groups excluding carboxylic acids is 3. The predicted molar refractivity (Wildman–Crippen MR) is 141 cm³/mol. The Morgan fingerprint density at radius 3 is 2.29 bits per heavy atom. The van der Waals surface area contributed by atoms with E-state index in [2.05, 4.69) is 5.32 Å². The maximum atomic E-state index is 13.3. The first-order chi connectivity index (χ1) is 17.9. The third-order valence-electron chi connectivity index (χ3n) is 5.88. The summed E-state index contributed by atoms with van der Waals surface area (Å²) >= 11 is 0. The summed E-state index contributed by atoms with van der Waals surface area (Å²) in [6, 6.07) is 11.8. The molecule has 1 amide bonds. The second-order valence-corrected chi connectivity index (χ2v) is 11.3. The number of rotatable bonds is 15. The van der Waals surface area contributed by atoms with Crippen LogP contribution in [0.1, 0.15) is 45.6 Å². The highest BCUT2D eigenvalue weighted by molar-refractivity contribution is 7.91. The fourth-order valence-electron chi connectivity index (χ4n) is 4.14. The summed E-state index contributed by atoms with van der Waals surface area (Å²) in [6.45, 7) is 3.69. The van der Waals surface area contributed by atoms with E-state index in [0.717, 1.165) is 36.6 Å². The van der Waals surface area contributed by atoms with Crippen molar-refractivity contribution in [2.45, 2.75) is 58.6 Å². The predicted octanol–water partition coefficient (Wildman–Crippen LogP) is 2.67. The molecule has 0 saturated heterocycles. The quantitative estimate of drug-likeness (QED) is 0.319. The van der Waals surface area contributed by atoms with Crippen LogP contribution in [0.25, 0.3) is 10.8 Å². The summed E-state index contributed by atoms with van der Waals surface area (Å²) in [6.07, 6.45) is 0.299. The van der Waals surface area contributed by atoms with Gasteiger partial charge in [-0.1, -0.05) is 62.2 Å². The molecule has 1 unspecified atom stereocenters. The third kappa shape index (κ3) is 10.1. The summed E-state index contributed by atoms with van der Waals surface area (Å²) in [5.74, 6) is -5.73. The Kier molecular flexibility index (Phi) is 11.7. The fourth-order valence-corrected chi connectivity index (χ4v) is 5.89. The van der Waals surface area contributed by atoms with Crippen LogP contribution in [0.3, 0.4) is 0 Å². The molecule has 38 heavy (non-hydrogen) atoms. The van der Waals surface area contributed by atoms with Crippen molar-refractivity contribution in [1.82, 2.24) is 5.32 Å². The van der Waals surface area contributed by atoms with Gasteiger partial charge in [0.25, 0.3) is 0 Å². The van der Waals surface area contributed by atoms with Crippen LogP contribution in [-0.2, 0) is 44.9 Å². The van der Waals surface area contributed by atoms with Gasteiger partial charge in [-0.15, -0.1) is 0 Å². The number of nitrogens with one attached hydrogen (secondary N) is 1. The Morgan fingerprint density at radius 2 is 1.66 bits per heavy atom. The average molecular weight is 550 g/mol. The van der Waals surface area contributed by atoms with E-state index in [1.807, 2.05) is 37.3 Å². The van der Waals surface area contributed by atoms with Gasteiger partial charge in [-0.2, -0.15) is 0 Å². The number of sulfone groups is 1. The molecule has 0 saturated carbocycles. The van der Waals surface area contributed by atoms with Gasteiger partial charge in [0.15, 0.2) is 9.84 Å². The maximum Gasteiger partial charge on any atom is 0.326 e. The van der Waals surface area contributed by atoms with Crippen molar-refractivity contribution in [3.05, 3.63) is 48.0 Å². The number of fused-ring (bicyclic) bond motifs is 1.